The van der Waals surface area contributed by atoms with Gasteiger partial charge in [0.1, 0.15) is 0 Å². The first-order valence-electron chi connectivity index (χ1n) is 9.60. The highest BCUT2D eigenvalue weighted by Gasteiger charge is 2.42. The number of carbonyl (C=O) groups is 2. The minimum absolute atomic E-state index is 0.00667. The van der Waals surface area contributed by atoms with Crippen LogP contribution in [0.5, 0.6) is 0 Å². The predicted octanol–water partition coefficient (Wildman–Crippen LogP) is 3.05. The van der Waals surface area contributed by atoms with Crippen LogP contribution in [-0.2, 0) is 9.53 Å². The van der Waals surface area contributed by atoms with E-state index in [1.54, 1.807) is 29.2 Å². The van der Waals surface area contributed by atoms with Gasteiger partial charge in [-0.1, -0.05) is 41.9 Å². The van der Waals surface area contributed by atoms with Gasteiger partial charge >= 0.3 is 0 Å². The van der Waals surface area contributed by atoms with Gasteiger partial charge < -0.3 is 14.5 Å². The summed E-state index contributed by atoms with van der Waals surface area (Å²) in [4.78, 5) is 29.9. The summed E-state index contributed by atoms with van der Waals surface area (Å²) < 4.78 is 5.38. The highest BCUT2D eigenvalue weighted by molar-refractivity contribution is 6.30. The van der Waals surface area contributed by atoms with Crippen molar-refractivity contribution >= 4 is 23.4 Å². The molecule has 2 heterocycles. The molecule has 2 saturated heterocycles. The van der Waals surface area contributed by atoms with E-state index in [9.17, 15) is 9.59 Å². The Balaban J connectivity index is 1.58. The van der Waals surface area contributed by atoms with Crippen LogP contribution in [0.2, 0.25) is 5.02 Å². The number of nitrogens with zero attached hydrogens (tertiary/aromatic N) is 2. The van der Waals surface area contributed by atoms with Crippen LogP contribution in [-0.4, -0.2) is 61.0 Å². The minimum Gasteiger partial charge on any atom is -0.378 e. The largest absolute Gasteiger partial charge is 0.378 e. The molecule has 2 fully saturated rings. The molecule has 2 aliphatic rings. The molecular formula is C22H23ClN2O3. The van der Waals surface area contributed by atoms with Crippen LogP contribution < -0.4 is 0 Å². The molecule has 2 aromatic rings. The van der Waals surface area contributed by atoms with E-state index < -0.39 is 0 Å². The Morgan fingerprint density at radius 3 is 2.25 bits per heavy atom. The normalized spacial score (nSPS) is 22.3. The topological polar surface area (TPSA) is 49.9 Å². The first-order chi connectivity index (χ1) is 13.6. The second kappa shape index (κ2) is 8.33. The Labute approximate surface area is 169 Å². The average molecular weight is 399 g/mol. The van der Waals surface area contributed by atoms with Crippen molar-refractivity contribution in [3.05, 3.63) is 70.7 Å². The standard InChI is InChI=1S/C22H23ClN2O3/c23-18-8-6-17(7-9-18)21(26)25-14-19(16-4-2-1-3-5-16)20(15-25)22(27)24-10-12-28-13-11-24/h1-9,19-20H,10-15H2. The molecule has 28 heavy (non-hydrogen) atoms. The molecule has 2 atom stereocenters. The first kappa shape index (κ1) is 19.0. The van der Waals surface area contributed by atoms with E-state index in [0.29, 0.717) is 50.0 Å². The van der Waals surface area contributed by atoms with Crippen LogP contribution in [0.3, 0.4) is 0 Å². The van der Waals surface area contributed by atoms with Gasteiger partial charge in [-0.2, -0.15) is 0 Å². The Bertz CT molecular complexity index is 835. The van der Waals surface area contributed by atoms with Crippen molar-refractivity contribution in [2.75, 3.05) is 39.4 Å². The second-order valence-corrected chi connectivity index (χ2v) is 7.71. The van der Waals surface area contributed by atoms with Crippen LogP contribution in [0.25, 0.3) is 0 Å². The van der Waals surface area contributed by atoms with E-state index in [-0.39, 0.29) is 23.7 Å². The molecule has 0 spiro atoms. The van der Waals surface area contributed by atoms with Crippen molar-refractivity contribution in [3.63, 3.8) is 0 Å². The van der Waals surface area contributed by atoms with E-state index in [2.05, 4.69) is 0 Å². The number of hydrogen-bond acceptors (Lipinski definition) is 3. The molecule has 4 rings (SSSR count). The van der Waals surface area contributed by atoms with Crippen molar-refractivity contribution < 1.29 is 14.3 Å². The molecule has 2 unspecified atom stereocenters. The molecule has 0 aliphatic carbocycles. The summed E-state index contributed by atoms with van der Waals surface area (Å²) in [6.07, 6.45) is 0. The smallest absolute Gasteiger partial charge is 0.253 e. The fraction of sp³-hybridized carbons (Fsp3) is 0.364. The zero-order valence-electron chi connectivity index (χ0n) is 15.6. The Morgan fingerprint density at radius 1 is 0.893 bits per heavy atom. The van der Waals surface area contributed by atoms with Crippen molar-refractivity contribution in [2.45, 2.75) is 5.92 Å². The van der Waals surface area contributed by atoms with Crippen molar-refractivity contribution in [2.24, 2.45) is 5.92 Å². The quantitative estimate of drug-likeness (QED) is 0.798. The number of ether oxygens (including phenoxy) is 1. The number of rotatable bonds is 3. The van der Waals surface area contributed by atoms with Crippen molar-refractivity contribution in [3.8, 4) is 0 Å². The van der Waals surface area contributed by atoms with Crippen LogP contribution >= 0.6 is 11.6 Å². The van der Waals surface area contributed by atoms with E-state index in [0.717, 1.165) is 5.56 Å². The van der Waals surface area contributed by atoms with Crippen LogP contribution in [0.4, 0.5) is 0 Å². The zero-order valence-corrected chi connectivity index (χ0v) is 16.3. The van der Waals surface area contributed by atoms with Gasteiger partial charge in [0.2, 0.25) is 5.91 Å². The second-order valence-electron chi connectivity index (χ2n) is 7.28. The minimum atomic E-state index is -0.239. The van der Waals surface area contributed by atoms with Crippen LogP contribution in [0.1, 0.15) is 21.8 Å². The summed E-state index contributed by atoms with van der Waals surface area (Å²) >= 11 is 5.94. The van der Waals surface area contributed by atoms with Crippen molar-refractivity contribution in [1.29, 1.82) is 0 Å². The summed E-state index contributed by atoms with van der Waals surface area (Å²) in [7, 11) is 0. The highest BCUT2D eigenvalue weighted by atomic mass is 35.5. The van der Waals surface area contributed by atoms with Gasteiger partial charge in [0.05, 0.1) is 19.1 Å². The molecule has 0 aromatic heterocycles. The molecule has 2 aromatic carbocycles. The Kier molecular flexibility index (Phi) is 5.64. The third-order valence-electron chi connectivity index (χ3n) is 5.57. The summed E-state index contributed by atoms with van der Waals surface area (Å²) in [5, 5.41) is 0.598. The van der Waals surface area contributed by atoms with Crippen molar-refractivity contribution in [1.82, 2.24) is 9.80 Å². The van der Waals surface area contributed by atoms with Gasteiger partial charge in [-0.05, 0) is 29.8 Å². The average Bonchev–Trinajstić information content (AvgIpc) is 3.20. The van der Waals surface area contributed by atoms with Crippen LogP contribution in [0.15, 0.2) is 54.6 Å². The molecule has 2 amide bonds. The predicted molar refractivity (Wildman–Crippen MR) is 107 cm³/mol. The van der Waals surface area contributed by atoms with E-state index in [1.807, 2.05) is 35.2 Å². The zero-order chi connectivity index (χ0) is 19.5. The van der Waals surface area contributed by atoms with Gasteiger partial charge in [-0.3, -0.25) is 9.59 Å². The number of morpholine rings is 1. The van der Waals surface area contributed by atoms with E-state index in [4.69, 9.17) is 16.3 Å². The first-order valence-corrected chi connectivity index (χ1v) is 9.97. The molecule has 0 radical (unpaired) electrons. The number of halogens is 1. The lowest BCUT2D eigenvalue weighted by atomic mass is 9.88. The van der Waals surface area contributed by atoms with Gasteiger partial charge in [0, 0.05) is 42.7 Å². The molecule has 0 N–H and O–H groups in total. The summed E-state index contributed by atoms with van der Waals surface area (Å²) in [5.74, 6) is -0.192. The van der Waals surface area contributed by atoms with Crippen LogP contribution in [0, 0.1) is 5.92 Å². The molecule has 146 valence electrons. The Hall–Kier alpha value is -2.37. The van der Waals surface area contributed by atoms with Gasteiger partial charge in [-0.15, -0.1) is 0 Å². The molecule has 5 nitrogen and oxygen atoms in total. The number of benzene rings is 2. The lowest BCUT2D eigenvalue weighted by Gasteiger charge is -2.30. The Morgan fingerprint density at radius 2 is 1.57 bits per heavy atom. The van der Waals surface area contributed by atoms with E-state index >= 15 is 0 Å². The third-order valence-corrected chi connectivity index (χ3v) is 5.82. The molecule has 6 heteroatoms. The summed E-state index contributed by atoms with van der Waals surface area (Å²) in [5.41, 5.74) is 1.69. The monoisotopic (exact) mass is 398 g/mol. The molecule has 0 bridgehead atoms. The third kappa shape index (κ3) is 3.91. The summed E-state index contributed by atoms with van der Waals surface area (Å²) in [6.45, 7) is 3.33. The number of likely N-dealkylation sites (tertiary alicyclic amines) is 1. The lowest BCUT2D eigenvalue weighted by Crippen LogP contribution is -2.45. The number of carbonyl (C=O) groups excluding carboxylic acids is 2. The number of amides is 2. The maximum atomic E-state index is 13.2. The highest BCUT2D eigenvalue weighted by Crippen LogP contribution is 2.35. The van der Waals surface area contributed by atoms with Gasteiger partial charge in [-0.25, -0.2) is 0 Å². The maximum absolute atomic E-state index is 13.2. The molecular weight excluding hydrogens is 376 g/mol. The molecule has 2 aliphatic heterocycles. The fourth-order valence-corrected chi connectivity index (χ4v) is 4.18. The SMILES string of the molecule is O=C(c1ccc(Cl)cc1)N1CC(C(=O)N2CCOCC2)C(c2ccccc2)C1. The summed E-state index contributed by atoms with van der Waals surface area (Å²) in [6, 6.07) is 16.9. The maximum Gasteiger partial charge on any atom is 0.253 e. The number of hydrogen-bond donors (Lipinski definition) is 0. The lowest BCUT2D eigenvalue weighted by molar-refractivity contribution is -0.139. The van der Waals surface area contributed by atoms with E-state index in [1.165, 1.54) is 0 Å². The fourth-order valence-electron chi connectivity index (χ4n) is 4.05. The van der Waals surface area contributed by atoms with Gasteiger partial charge in [0.15, 0.2) is 0 Å². The molecule has 0 saturated carbocycles. The van der Waals surface area contributed by atoms with Gasteiger partial charge in [0.25, 0.3) is 5.91 Å².